The van der Waals surface area contributed by atoms with Crippen LogP contribution in [0.4, 0.5) is 0 Å². The van der Waals surface area contributed by atoms with Crippen LogP contribution in [0.1, 0.15) is 13.3 Å². The van der Waals surface area contributed by atoms with Crippen molar-refractivity contribution in [1.82, 2.24) is 15.0 Å². The van der Waals surface area contributed by atoms with Crippen molar-refractivity contribution in [3.8, 4) is 0 Å². The molecule has 0 spiro atoms. The maximum absolute atomic E-state index is 10.5. The van der Waals surface area contributed by atoms with Gasteiger partial charge in [-0.25, -0.2) is 0 Å². The molecule has 0 amide bonds. The van der Waals surface area contributed by atoms with E-state index >= 15 is 0 Å². The van der Waals surface area contributed by atoms with Crippen LogP contribution in [-0.4, -0.2) is 28.0 Å². The van der Waals surface area contributed by atoms with Crippen LogP contribution in [-0.2, 0) is 16.7 Å². The van der Waals surface area contributed by atoms with E-state index in [1.54, 1.807) is 0 Å². The summed E-state index contributed by atoms with van der Waals surface area (Å²) < 4.78 is 29.5. The molecule has 12 heavy (non-hydrogen) atoms. The van der Waals surface area contributed by atoms with Gasteiger partial charge in [-0.3, -0.25) is 4.55 Å². The van der Waals surface area contributed by atoms with E-state index in [4.69, 9.17) is 4.55 Å². The molecule has 1 heterocycles. The van der Waals surface area contributed by atoms with Crippen molar-refractivity contribution in [2.75, 3.05) is 0 Å². The zero-order valence-electron chi connectivity index (χ0n) is 6.51. The number of aryl methyl sites for hydroxylation is 1. The third kappa shape index (κ3) is 2.02. The first-order valence-electron chi connectivity index (χ1n) is 3.41. The zero-order chi connectivity index (χ0) is 9.19. The van der Waals surface area contributed by atoms with Crippen LogP contribution in [0, 0.1) is 0 Å². The molecule has 1 N–H and O–H groups in total. The lowest BCUT2D eigenvalue weighted by molar-refractivity contribution is 0.470. The average molecular weight is 191 g/mol. The van der Waals surface area contributed by atoms with E-state index in [0.29, 0.717) is 6.54 Å². The molecule has 0 aliphatic rings. The molecule has 0 atom stereocenters. The van der Waals surface area contributed by atoms with Gasteiger partial charge < -0.3 is 0 Å². The molecule has 1 aromatic rings. The molecule has 0 saturated carbocycles. The maximum atomic E-state index is 10.5. The third-order valence-electron chi connectivity index (χ3n) is 1.20. The van der Waals surface area contributed by atoms with Crippen LogP contribution in [0.15, 0.2) is 11.2 Å². The smallest absolute Gasteiger partial charge is 0.281 e. The van der Waals surface area contributed by atoms with E-state index in [1.807, 2.05) is 6.92 Å². The molecule has 0 bridgehead atoms. The highest BCUT2D eigenvalue weighted by Crippen LogP contribution is 2.00. The highest BCUT2D eigenvalue weighted by molar-refractivity contribution is 7.85. The summed E-state index contributed by atoms with van der Waals surface area (Å²) in [5, 5.41) is 6.77. The molecular weight excluding hydrogens is 182 g/mol. The highest BCUT2D eigenvalue weighted by Gasteiger charge is 2.13. The van der Waals surface area contributed by atoms with Crippen LogP contribution in [0.5, 0.6) is 0 Å². The highest BCUT2D eigenvalue weighted by atomic mass is 32.2. The Bertz CT molecular complexity index is 356. The summed E-state index contributed by atoms with van der Waals surface area (Å²) in [6.45, 7) is 2.45. The molecular formula is C5H9N3O3S. The second-order valence-corrected chi connectivity index (χ2v) is 3.62. The molecule has 0 saturated heterocycles. The van der Waals surface area contributed by atoms with Crippen LogP contribution in [0.3, 0.4) is 0 Å². The van der Waals surface area contributed by atoms with Gasteiger partial charge in [-0.05, 0) is 6.42 Å². The molecule has 0 aliphatic heterocycles. The summed E-state index contributed by atoms with van der Waals surface area (Å²) in [6, 6.07) is 0. The normalized spacial score (nSPS) is 11.8. The van der Waals surface area contributed by atoms with Gasteiger partial charge in [-0.15, -0.1) is 5.10 Å². The second kappa shape index (κ2) is 3.20. The first-order valence-corrected chi connectivity index (χ1v) is 4.85. The van der Waals surface area contributed by atoms with E-state index < -0.39 is 15.1 Å². The Morgan fingerprint density at radius 2 is 2.33 bits per heavy atom. The predicted octanol–water partition coefficient (Wildman–Crippen LogP) is -0.0652. The summed E-state index contributed by atoms with van der Waals surface area (Å²) in [5.74, 6) is 0. The molecule has 1 aromatic heterocycles. The third-order valence-corrected chi connectivity index (χ3v) is 1.92. The minimum Gasteiger partial charge on any atom is -0.281 e. The summed E-state index contributed by atoms with van der Waals surface area (Å²) >= 11 is 0. The summed E-state index contributed by atoms with van der Waals surface area (Å²) in [4.78, 5) is 1.23. The minimum atomic E-state index is -4.19. The SMILES string of the molecule is CCCn1ncc(S(=O)(=O)O)n1. The minimum absolute atomic E-state index is 0.407. The number of hydrogen-bond acceptors (Lipinski definition) is 4. The van der Waals surface area contributed by atoms with Gasteiger partial charge in [0.2, 0.25) is 5.03 Å². The fourth-order valence-electron chi connectivity index (χ4n) is 0.707. The molecule has 68 valence electrons. The van der Waals surface area contributed by atoms with E-state index in [9.17, 15) is 8.42 Å². The van der Waals surface area contributed by atoms with Crippen molar-refractivity contribution in [2.24, 2.45) is 0 Å². The van der Waals surface area contributed by atoms with Gasteiger partial charge in [-0.2, -0.15) is 18.3 Å². The quantitative estimate of drug-likeness (QED) is 0.676. The molecule has 0 aromatic carbocycles. The lowest BCUT2D eigenvalue weighted by Crippen LogP contribution is -2.04. The Kier molecular flexibility index (Phi) is 2.43. The van der Waals surface area contributed by atoms with E-state index in [-0.39, 0.29) is 0 Å². The van der Waals surface area contributed by atoms with Crippen molar-refractivity contribution in [2.45, 2.75) is 24.9 Å². The first-order chi connectivity index (χ1) is 5.54. The van der Waals surface area contributed by atoms with Gasteiger partial charge in [-0.1, -0.05) is 6.92 Å². The molecule has 0 unspecified atom stereocenters. The van der Waals surface area contributed by atoms with Gasteiger partial charge in [0.05, 0.1) is 12.7 Å². The van der Waals surface area contributed by atoms with E-state index in [1.165, 1.54) is 4.80 Å². The van der Waals surface area contributed by atoms with Gasteiger partial charge in [0.1, 0.15) is 0 Å². The summed E-state index contributed by atoms with van der Waals surface area (Å²) in [5.41, 5.74) is 0. The lowest BCUT2D eigenvalue weighted by Gasteiger charge is -1.92. The number of aromatic nitrogens is 3. The monoisotopic (exact) mass is 191 g/mol. The van der Waals surface area contributed by atoms with Gasteiger partial charge in [0.15, 0.2) is 0 Å². The standard InChI is InChI=1S/C5H9N3O3S/c1-2-3-8-6-4-5(7-8)12(9,10)11/h4H,2-3H2,1H3,(H,9,10,11). The summed E-state index contributed by atoms with van der Waals surface area (Å²) in [6.07, 6.45) is 1.82. The number of hydrogen-bond donors (Lipinski definition) is 1. The van der Waals surface area contributed by atoms with Gasteiger partial charge >= 0.3 is 10.1 Å². The largest absolute Gasteiger partial charge is 0.315 e. The van der Waals surface area contributed by atoms with Gasteiger partial charge in [0, 0.05) is 0 Å². The van der Waals surface area contributed by atoms with Crippen molar-refractivity contribution in [1.29, 1.82) is 0 Å². The molecule has 0 radical (unpaired) electrons. The maximum Gasteiger partial charge on any atom is 0.315 e. The predicted molar refractivity (Wildman–Crippen MR) is 40.1 cm³/mol. The molecule has 1 rings (SSSR count). The van der Waals surface area contributed by atoms with Crippen LogP contribution >= 0.6 is 0 Å². The first kappa shape index (κ1) is 9.14. The van der Waals surface area contributed by atoms with Gasteiger partial charge in [0.25, 0.3) is 0 Å². The fraction of sp³-hybridized carbons (Fsp3) is 0.600. The molecule has 7 heteroatoms. The Hall–Kier alpha value is -0.950. The van der Waals surface area contributed by atoms with Crippen LogP contribution in [0.25, 0.3) is 0 Å². The van der Waals surface area contributed by atoms with Crippen LogP contribution in [0.2, 0.25) is 0 Å². The molecule has 0 aliphatic carbocycles. The lowest BCUT2D eigenvalue weighted by atomic mass is 10.5. The summed E-state index contributed by atoms with van der Waals surface area (Å²) in [7, 11) is -4.19. The van der Waals surface area contributed by atoms with Crippen LogP contribution < -0.4 is 0 Å². The van der Waals surface area contributed by atoms with Crippen molar-refractivity contribution < 1.29 is 13.0 Å². The topological polar surface area (TPSA) is 85.1 Å². The van der Waals surface area contributed by atoms with Crippen molar-refractivity contribution in [3.63, 3.8) is 0 Å². The van der Waals surface area contributed by atoms with Crippen molar-refractivity contribution in [3.05, 3.63) is 6.20 Å². The Morgan fingerprint density at radius 1 is 1.67 bits per heavy atom. The second-order valence-electron chi connectivity index (χ2n) is 2.25. The zero-order valence-corrected chi connectivity index (χ0v) is 7.32. The Morgan fingerprint density at radius 3 is 2.75 bits per heavy atom. The van der Waals surface area contributed by atoms with E-state index in [0.717, 1.165) is 12.6 Å². The van der Waals surface area contributed by atoms with Crippen molar-refractivity contribution >= 4 is 10.1 Å². The Balaban J connectivity index is 2.92. The average Bonchev–Trinajstić information content (AvgIpc) is 2.35. The number of nitrogens with zero attached hydrogens (tertiary/aromatic N) is 3. The van der Waals surface area contributed by atoms with E-state index in [2.05, 4.69) is 10.2 Å². The molecule has 0 fully saturated rings. The fourth-order valence-corrected chi connectivity index (χ4v) is 1.09. The molecule has 6 nitrogen and oxygen atoms in total. The Labute approximate surface area is 70.0 Å². The number of rotatable bonds is 3.